The van der Waals surface area contributed by atoms with Gasteiger partial charge in [0.15, 0.2) is 18.4 Å². The van der Waals surface area contributed by atoms with Crippen molar-refractivity contribution in [2.75, 3.05) is 46.6 Å². The average molecular weight is 672 g/mol. The second-order valence-corrected chi connectivity index (χ2v) is 10.8. The van der Waals surface area contributed by atoms with E-state index in [4.69, 9.17) is 29.8 Å². The highest BCUT2D eigenvalue weighted by molar-refractivity contribution is 5.94. The van der Waals surface area contributed by atoms with E-state index in [-0.39, 0.29) is 55.7 Å². The fraction of sp³-hybridized carbons (Fsp3) is 0.552. The number of carboxylic acids is 1. The molecule has 0 aromatic heterocycles. The summed E-state index contributed by atoms with van der Waals surface area (Å²) in [5.41, 5.74) is 6.31. The van der Waals surface area contributed by atoms with Gasteiger partial charge in [0.2, 0.25) is 12.1 Å². The number of nitrogens with two attached hydrogens (primary N) is 1. The number of aliphatic imine (C=N–C) groups is 1. The monoisotopic (exact) mass is 671 g/mol. The van der Waals surface area contributed by atoms with Crippen LogP contribution in [0.15, 0.2) is 64.7 Å². The minimum Gasteiger partial charge on any atom is -0.477 e. The Balaban J connectivity index is 2.04. The van der Waals surface area contributed by atoms with Gasteiger partial charge in [0.05, 0.1) is 43.8 Å². The number of hydrogen-bond donors (Lipinski definition) is 11. The summed E-state index contributed by atoms with van der Waals surface area (Å²) < 4.78 is 21.6. The molecule has 0 amide bonds. The molecule has 0 aromatic rings. The zero-order valence-electron chi connectivity index (χ0n) is 25.6. The summed E-state index contributed by atoms with van der Waals surface area (Å²) in [6.07, 6.45) is -1.87. The second-order valence-electron chi connectivity index (χ2n) is 10.8. The molecule has 3 aliphatic rings. The zero-order valence-corrected chi connectivity index (χ0v) is 25.6. The lowest BCUT2D eigenvalue weighted by Gasteiger charge is -2.46. The van der Waals surface area contributed by atoms with Gasteiger partial charge < -0.3 is 75.8 Å². The van der Waals surface area contributed by atoms with Crippen molar-refractivity contribution in [2.45, 2.75) is 43.1 Å². The fourth-order valence-corrected chi connectivity index (χ4v) is 5.21. The number of carboxylic acid groups (broad SMARTS) is 1. The van der Waals surface area contributed by atoms with Crippen molar-refractivity contribution in [1.82, 2.24) is 5.32 Å². The van der Waals surface area contributed by atoms with Crippen LogP contribution in [-0.4, -0.2) is 142 Å². The molecular weight excluding hydrogens is 628 g/mol. The van der Waals surface area contributed by atoms with Crippen LogP contribution in [0, 0.1) is 11.8 Å². The molecule has 0 bridgehead atoms. The van der Waals surface area contributed by atoms with Gasteiger partial charge in [-0.3, -0.25) is 4.99 Å². The van der Waals surface area contributed by atoms with E-state index >= 15 is 0 Å². The van der Waals surface area contributed by atoms with Gasteiger partial charge >= 0.3 is 11.9 Å². The molecule has 1 fully saturated rings. The molecule has 262 valence electrons. The molecule has 0 spiro atoms. The normalized spacial score (nSPS) is 31.1. The number of nitrogens with zero attached hydrogens (tertiary/aromatic N) is 1. The quantitative estimate of drug-likeness (QED) is 0.0206. The molecule has 8 atom stereocenters. The topological polar surface area (TPSA) is 288 Å². The van der Waals surface area contributed by atoms with Crippen LogP contribution in [0.25, 0.3) is 0 Å². The predicted molar refractivity (Wildman–Crippen MR) is 159 cm³/mol. The number of quaternary nitrogens is 1. The molecule has 18 heteroatoms. The van der Waals surface area contributed by atoms with Crippen molar-refractivity contribution < 1.29 is 74.3 Å². The van der Waals surface area contributed by atoms with Gasteiger partial charge in [0.25, 0.3) is 0 Å². The van der Waals surface area contributed by atoms with Crippen molar-refractivity contribution in [3.63, 3.8) is 0 Å². The fourth-order valence-electron chi connectivity index (χ4n) is 5.21. The summed E-state index contributed by atoms with van der Waals surface area (Å²) in [4.78, 5) is 29.8. The van der Waals surface area contributed by atoms with Crippen LogP contribution >= 0.6 is 0 Å². The number of ether oxygens (including phenoxy) is 4. The molecule has 47 heavy (non-hydrogen) atoms. The first-order valence-corrected chi connectivity index (χ1v) is 14.6. The van der Waals surface area contributed by atoms with Gasteiger partial charge in [-0.1, -0.05) is 18.2 Å². The molecule has 3 heterocycles. The number of esters is 1. The maximum atomic E-state index is 12.8. The number of rotatable bonds is 14. The Labute approximate surface area is 269 Å². The third-order valence-electron chi connectivity index (χ3n) is 7.72. The molecular formula is C29H43N4O14+. The summed E-state index contributed by atoms with van der Waals surface area (Å²) in [6.45, 7) is 3.08. The highest BCUT2D eigenvalue weighted by atomic mass is 16.8. The lowest BCUT2D eigenvalue weighted by molar-refractivity contribution is -0.843. The molecule has 18 nitrogen and oxygen atoms in total. The molecule has 0 radical (unpaired) electrons. The Morgan fingerprint density at radius 3 is 2.53 bits per heavy atom. The van der Waals surface area contributed by atoms with Crippen LogP contribution in [-0.2, 0) is 28.5 Å². The van der Waals surface area contributed by atoms with Crippen LogP contribution < -0.4 is 16.0 Å². The van der Waals surface area contributed by atoms with Crippen molar-refractivity contribution in [3.8, 4) is 0 Å². The van der Waals surface area contributed by atoms with Gasteiger partial charge in [0.1, 0.15) is 37.1 Å². The van der Waals surface area contributed by atoms with E-state index in [1.165, 1.54) is 24.4 Å². The molecule has 8 unspecified atom stereocenters. The predicted octanol–water partition coefficient (Wildman–Crippen LogP) is -5.09. The number of nitrogens with one attached hydrogen (secondary N) is 2. The largest absolute Gasteiger partial charge is 0.477 e. The Kier molecular flexibility index (Phi) is 13.6. The van der Waals surface area contributed by atoms with Gasteiger partial charge in [0, 0.05) is 24.6 Å². The van der Waals surface area contributed by atoms with Crippen molar-refractivity contribution in [1.29, 1.82) is 0 Å². The van der Waals surface area contributed by atoms with E-state index < -0.39 is 67.1 Å². The maximum Gasteiger partial charge on any atom is 0.343 e. The number of methoxy groups -OCH3 is 1. The SMILES string of the molecule is C=CC1C(OC2OC(CO)C(O)C(O)(O)C2O)OC=C(C(=O)OC)C1C=CC1=C(NC(N)=NCCCO)C(C(=O)O)=C[NH+](CCO)C1. The Morgan fingerprint density at radius 2 is 1.94 bits per heavy atom. The Bertz CT molecular complexity index is 1300. The molecule has 3 rings (SSSR count). The second kappa shape index (κ2) is 16.9. The van der Waals surface area contributed by atoms with Gasteiger partial charge in [-0.25, -0.2) is 9.59 Å². The first kappa shape index (κ1) is 37.8. The highest BCUT2D eigenvalue weighted by Gasteiger charge is 2.56. The zero-order chi connectivity index (χ0) is 34.9. The van der Waals surface area contributed by atoms with Crippen molar-refractivity contribution in [3.05, 3.63) is 59.7 Å². The van der Waals surface area contributed by atoms with Crippen LogP contribution in [0.3, 0.4) is 0 Å². The lowest BCUT2D eigenvalue weighted by Crippen LogP contribution is -3.09. The van der Waals surface area contributed by atoms with E-state index in [9.17, 15) is 45.3 Å². The lowest BCUT2D eigenvalue weighted by atomic mass is 9.83. The first-order valence-electron chi connectivity index (χ1n) is 14.6. The molecule has 0 aliphatic carbocycles. The van der Waals surface area contributed by atoms with Crippen LogP contribution in [0.1, 0.15) is 6.42 Å². The number of allylic oxidation sites excluding steroid dienone is 1. The first-order chi connectivity index (χ1) is 22.3. The number of carbonyl (C=O) groups is 2. The van der Waals surface area contributed by atoms with Gasteiger partial charge in [-0.05, 0) is 6.42 Å². The number of aliphatic carboxylic acids is 1. The van der Waals surface area contributed by atoms with E-state index in [0.717, 1.165) is 13.4 Å². The number of aliphatic hydroxyl groups is 7. The van der Waals surface area contributed by atoms with Gasteiger partial charge in [-0.2, -0.15) is 0 Å². The van der Waals surface area contributed by atoms with E-state index in [0.29, 0.717) is 16.9 Å². The third kappa shape index (κ3) is 8.82. The summed E-state index contributed by atoms with van der Waals surface area (Å²) in [6, 6.07) is 0. The van der Waals surface area contributed by atoms with E-state index in [1.807, 2.05) is 0 Å². The smallest absolute Gasteiger partial charge is 0.343 e. The van der Waals surface area contributed by atoms with Crippen molar-refractivity contribution in [2.24, 2.45) is 22.6 Å². The number of carbonyl (C=O) groups excluding carboxylic acids is 1. The van der Waals surface area contributed by atoms with E-state index in [1.54, 1.807) is 0 Å². The van der Waals surface area contributed by atoms with E-state index in [2.05, 4.69) is 16.9 Å². The summed E-state index contributed by atoms with van der Waals surface area (Å²) in [7, 11) is 1.15. The molecule has 12 N–H and O–H groups in total. The Morgan fingerprint density at radius 1 is 1.21 bits per heavy atom. The Hall–Kier alpha value is -3.69. The number of aliphatic hydroxyl groups excluding tert-OH is 5. The standard InChI is InChI=1S/C29H42N4O14/c1-3-16-17(6-5-15-11-33(8-10-35)12-18(24(39)40)21(15)32-28(30)31-7-4-9-34)19(25(41)44-2)14-45-26(16)47-27-23(38)29(42,43)22(37)20(13-36)46-27/h3,5-6,12,14,16-17,20,22-23,26-27,34-38,42-43H,1,4,7-11,13H2,2H3,(H,39,40)(H3,30,31,32)/p+1. The summed E-state index contributed by atoms with van der Waals surface area (Å²) in [5, 5.41) is 82.1. The number of guanidine groups is 1. The van der Waals surface area contributed by atoms with Gasteiger partial charge in [-0.15, -0.1) is 6.58 Å². The maximum absolute atomic E-state index is 12.8. The minimum absolute atomic E-state index is 0.00880. The van der Waals surface area contributed by atoms with Crippen molar-refractivity contribution >= 4 is 17.9 Å². The highest BCUT2D eigenvalue weighted by Crippen LogP contribution is 2.37. The summed E-state index contributed by atoms with van der Waals surface area (Å²) in [5.74, 6) is -7.21. The average Bonchev–Trinajstić information content (AvgIpc) is 3.04. The summed E-state index contributed by atoms with van der Waals surface area (Å²) >= 11 is 0. The number of hydrogen-bond acceptors (Lipinski definition) is 14. The van der Waals surface area contributed by atoms with Crippen LogP contribution in [0.5, 0.6) is 0 Å². The molecule has 0 aromatic carbocycles. The molecule has 3 aliphatic heterocycles. The molecule has 1 saturated heterocycles. The minimum atomic E-state index is -3.13. The van der Waals surface area contributed by atoms with Crippen LogP contribution in [0.2, 0.25) is 0 Å². The molecule has 0 saturated carbocycles. The van der Waals surface area contributed by atoms with Crippen LogP contribution in [0.4, 0.5) is 0 Å². The third-order valence-corrected chi connectivity index (χ3v) is 7.72.